The van der Waals surface area contributed by atoms with Crippen molar-refractivity contribution in [1.82, 2.24) is 0 Å². The average Bonchev–Trinajstić information content (AvgIpc) is 2.45. The lowest BCUT2D eigenvalue weighted by molar-refractivity contribution is 1.13. The van der Waals surface area contributed by atoms with Crippen molar-refractivity contribution in [2.75, 3.05) is 5.01 Å². The molecule has 1 aromatic rings. The van der Waals surface area contributed by atoms with Crippen LogP contribution in [0.3, 0.4) is 0 Å². The van der Waals surface area contributed by atoms with Gasteiger partial charge >= 0.3 is 0 Å². The predicted octanol–water partition coefficient (Wildman–Crippen LogP) is 2.90. The first-order chi connectivity index (χ1) is 6.66. The van der Waals surface area contributed by atoms with Gasteiger partial charge in [0.25, 0.3) is 0 Å². The maximum absolute atomic E-state index is 7.71. The monoisotopic (exact) mass is 207 g/mol. The molecule has 3 nitrogen and oxygen atoms in total. The van der Waals surface area contributed by atoms with Gasteiger partial charge < -0.3 is 0 Å². The number of anilines is 1. The Morgan fingerprint density at radius 3 is 2.86 bits per heavy atom. The van der Waals surface area contributed by atoms with E-state index in [4.69, 9.17) is 17.0 Å². The maximum atomic E-state index is 7.71. The summed E-state index contributed by atoms with van der Waals surface area (Å²) in [6.45, 7) is 1.92. The molecule has 2 rings (SSSR count). The lowest BCUT2D eigenvalue weighted by atomic mass is 10.3. The van der Waals surface area contributed by atoms with Crippen LogP contribution in [-0.4, -0.2) is 11.5 Å². The quantitative estimate of drug-likeness (QED) is 0.756. The number of benzene rings is 1. The highest BCUT2D eigenvalue weighted by Gasteiger charge is 2.18. The van der Waals surface area contributed by atoms with Gasteiger partial charge in [0.05, 0.1) is 5.69 Å². The summed E-state index contributed by atoms with van der Waals surface area (Å²) in [7, 11) is 0. The van der Waals surface area contributed by atoms with Crippen molar-refractivity contribution < 1.29 is 0 Å². The van der Waals surface area contributed by atoms with Crippen LogP contribution in [0.15, 0.2) is 29.4 Å². The van der Waals surface area contributed by atoms with Crippen LogP contribution < -0.4 is 5.01 Å². The van der Waals surface area contributed by atoms with Crippen molar-refractivity contribution in [2.24, 2.45) is 5.10 Å². The highest BCUT2D eigenvalue weighted by molar-refractivity contribution is 6.31. The Labute approximate surface area is 87.5 Å². The van der Waals surface area contributed by atoms with E-state index in [9.17, 15) is 0 Å². The number of nitrogens with one attached hydrogen (secondary N) is 1. The standard InChI is InChI=1S/C10H10ClN3/c1-7-5-10(12)14(13-7)9-4-2-3-8(11)6-9/h2-4,6,12H,5H2,1H3. The summed E-state index contributed by atoms with van der Waals surface area (Å²) in [5.41, 5.74) is 1.80. The second-order valence-corrected chi connectivity index (χ2v) is 3.69. The van der Waals surface area contributed by atoms with Crippen LogP contribution >= 0.6 is 11.6 Å². The summed E-state index contributed by atoms with van der Waals surface area (Å²) in [6, 6.07) is 7.36. The minimum atomic E-state index is 0.491. The highest BCUT2D eigenvalue weighted by atomic mass is 35.5. The summed E-state index contributed by atoms with van der Waals surface area (Å²) in [4.78, 5) is 0. The molecule has 1 aliphatic rings. The molecule has 0 spiro atoms. The van der Waals surface area contributed by atoms with E-state index in [1.165, 1.54) is 0 Å². The van der Waals surface area contributed by atoms with Crippen LogP contribution in [0.4, 0.5) is 5.69 Å². The van der Waals surface area contributed by atoms with E-state index < -0.39 is 0 Å². The molecule has 1 N–H and O–H groups in total. The molecule has 0 fully saturated rings. The fraction of sp³-hybridized carbons (Fsp3) is 0.200. The smallest absolute Gasteiger partial charge is 0.128 e. The number of amidine groups is 1. The van der Waals surface area contributed by atoms with Crippen molar-refractivity contribution in [3.05, 3.63) is 29.3 Å². The van der Waals surface area contributed by atoms with Crippen LogP contribution in [0.1, 0.15) is 13.3 Å². The Morgan fingerprint density at radius 2 is 2.29 bits per heavy atom. The van der Waals surface area contributed by atoms with E-state index in [-0.39, 0.29) is 0 Å². The Kier molecular flexibility index (Phi) is 2.25. The predicted molar refractivity (Wildman–Crippen MR) is 59.4 cm³/mol. The van der Waals surface area contributed by atoms with Gasteiger partial charge in [-0.05, 0) is 25.1 Å². The Morgan fingerprint density at radius 1 is 1.50 bits per heavy atom. The van der Waals surface area contributed by atoms with Crippen LogP contribution in [-0.2, 0) is 0 Å². The molecule has 0 aliphatic carbocycles. The van der Waals surface area contributed by atoms with Gasteiger partial charge in [0.15, 0.2) is 0 Å². The molecule has 0 radical (unpaired) electrons. The minimum Gasteiger partial charge on any atom is -0.286 e. The topological polar surface area (TPSA) is 39.5 Å². The molecule has 0 unspecified atom stereocenters. The molecule has 0 bridgehead atoms. The normalized spacial score (nSPS) is 16.0. The fourth-order valence-electron chi connectivity index (χ4n) is 1.41. The number of hydrogen-bond donors (Lipinski definition) is 1. The number of rotatable bonds is 1. The zero-order valence-corrected chi connectivity index (χ0v) is 8.54. The van der Waals surface area contributed by atoms with E-state index in [1.54, 1.807) is 17.1 Å². The van der Waals surface area contributed by atoms with Crippen molar-refractivity contribution in [1.29, 1.82) is 5.41 Å². The molecule has 1 aliphatic heterocycles. The van der Waals surface area contributed by atoms with Gasteiger partial charge in [0.1, 0.15) is 5.84 Å². The van der Waals surface area contributed by atoms with Crippen LogP contribution in [0, 0.1) is 5.41 Å². The van der Waals surface area contributed by atoms with Crippen LogP contribution in [0.25, 0.3) is 0 Å². The molecule has 1 aromatic carbocycles. The molecule has 0 aromatic heterocycles. The first-order valence-corrected chi connectivity index (χ1v) is 4.72. The molecular weight excluding hydrogens is 198 g/mol. The third-order valence-corrected chi connectivity index (χ3v) is 2.24. The summed E-state index contributed by atoms with van der Waals surface area (Å²) in [6.07, 6.45) is 0.618. The van der Waals surface area contributed by atoms with Gasteiger partial charge in [-0.3, -0.25) is 5.41 Å². The van der Waals surface area contributed by atoms with E-state index >= 15 is 0 Å². The largest absolute Gasteiger partial charge is 0.286 e. The Hall–Kier alpha value is -1.35. The minimum absolute atomic E-state index is 0.491. The zero-order valence-electron chi connectivity index (χ0n) is 7.79. The summed E-state index contributed by atoms with van der Waals surface area (Å²) in [5.74, 6) is 0.491. The maximum Gasteiger partial charge on any atom is 0.128 e. The number of nitrogens with zero attached hydrogens (tertiary/aromatic N) is 2. The molecule has 14 heavy (non-hydrogen) atoms. The molecule has 0 saturated carbocycles. The summed E-state index contributed by atoms with van der Waals surface area (Å²) >= 11 is 5.86. The van der Waals surface area contributed by atoms with Crippen molar-refractivity contribution in [2.45, 2.75) is 13.3 Å². The molecule has 1 heterocycles. The summed E-state index contributed by atoms with van der Waals surface area (Å²) < 4.78 is 0. The SMILES string of the molecule is CC1=NN(c2cccc(Cl)c2)C(=N)C1. The second-order valence-electron chi connectivity index (χ2n) is 3.25. The van der Waals surface area contributed by atoms with E-state index in [0.29, 0.717) is 17.3 Å². The third kappa shape index (κ3) is 1.63. The molecule has 0 amide bonds. The fourth-order valence-corrected chi connectivity index (χ4v) is 1.59. The molecule has 0 saturated heterocycles. The van der Waals surface area contributed by atoms with E-state index in [1.807, 2.05) is 19.1 Å². The highest BCUT2D eigenvalue weighted by Crippen LogP contribution is 2.23. The molecule has 0 atom stereocenters. The van der Waals surface area contributed by atoms with Gasteiger partial charge in [0.2, 0.25) is 0 Å². The second kappa shape index (κ2) is 3.42. The Balaban J connectivity index is 2.36. The van der Waals surface area contributed by atoms with Gasteiger partial charge in [-0.2, -0.15) is 5.10 Å². The van der Waals surface area contributed by atoms with Crippen molar-refractivity contribution >= 4 is 28.8 Å². The zero-order chi connectivity index (χ0) is 10.1. The summed E-state index contributed by atoms with van der Waals surface area (Å²) in [5, 5.41) is 14.2. The lowest BCUT2D eigenvalue weighted by Crippen LogP contribution is -2.18. The number of hydrazone groups is 1. The van der Waals surface area contributed by atoms with Crippen molar-refractivity contribution in [3.63, 3.8) is 0 Å². The Bertz CT molecular complexity index is 412. The molecule has 72 valence electrons. The molecule has 4 heteroatoms. The van der Waals surface area contributed by atoms with Crippen LogP contribution in [0.5, 0.6) is 0 Å². The average molecular weight is 208 g/mol. The first-order valence-electron chi connectivity index (χ1n) is 4.34. The number of halogens is 1. The molecular formula is C10H10ClN3. The lowest BCUT2D eigenvalue weighted by Gasteiger charge is -2.13. The van der Waals surface area contributed by atoms with Crippen molar-refractivity contribution in [3.8, 4) is 0 Å². The van der Waals surface area contributed by atoms with Gasteiger partial charge in [0, 0.05) is 17.2 Å². The van der Waals surface area contributed by atoms with E-state index in [0.717, 1.165) is 11.4 Å². The van der Waals surface area contributed by atoms with E-state index in [2.05, 4.69) is 5.10 Å². The van der Waals surface area contributed by atoms with Gasteiger partial charge in [-0.1, -0.05) is 17.7 Å². The third-order valence-electron chi connectivity index (χ3n) is 2.00. The first kappa shape index (κ1) is 9.21. The number of hydrogen-bond acceptors (Lipinski definition) is 2. The van der Waals surface area contributed by atoms with Gasteiger partial charge in [-0.15, -0.1) is 0 Å². The van der Waals surface area contributed by atoms with Gasteiger partial charge in [-0.25, -0.2) is 5.01 Å². The van der Waals surface area contributed by atoms with Crippen LogP contribution in [0.2, 0.25) is 5.02 Å².